The number of aryl methyl sites for hydroxylation is 1. The van der Waals surface area contributed by atoms with Crippen LogP contribution in [0.4, 0.5) is 0 Å². The van der Waals surface area contributed by atoms with Crippen molar-refractivity contribution in [3.8, 4) is 0 Å². The van der Waals surface area contributed by atoms with E-state index in [1.54, 1.807) is 6.26 Å². The lowest BCUT2D eigenvalue weighted by atomic mass is 9.68. The molecule has 0 aliphatic carbocycles. The molecule has 0 unspecified atom stereocenters. The standard InChI is InChI=1S/C22H31NO2/c1-17(2)21-15-22(11-14-25-21,19-8-6-18(3)7-9-19)10-12-23-16-20-5-4-13-24-20/h4-9,13,17,21,23H,10-12,14-16H2,1-3H3/p+1/t21-,22+/m0/s1. The number of benzene rings is 1. The summed E-state index contributed by atoms with van der Waals surface area (Å²) >= 11 is 0. The Bertz CT molecular complexity index is 633. The molecule has 1 aromatic heterocycles. The Morgan fingerprint density at radius 3 is 2.68 bits per heavy atom. The average molecular weight is 343 g/mol. The van der Waals surface area contributed by atoms with Gasteiger partial charge in [0, 0.05) is 18.4 Å². The number of ether oxygens (including phenoxy) is 1. The van der Waals surface area contributed by atoms with Crippen LogP contribution in [0.5, 0.6) is 0 Å². The summed E-state index contributed by atoms with van der Waals surface area (Å²) in [5.41, 5.74) is 3.05. The molecule has 1 fully saturated rings. The monoisotopic (exact) mass is 342 g/mol. The molecule has 0 amide bonds. The van der Waals surface area contributed by atoms with Gasteiger partial charge in [-0.05, 0) is 43.4 Å². The number of hydrogen-bond donors (Lipinski definition) is 1. The second-order valence-corrected chi connectivity index (χ2v) is 7.86. The molecule has 2 aromatic rings. The summed E-state index contributed by atoms with van der Waals surface area (Å²) < 4.78 is 11.5. The highest BCUT2D eigenvalue weighted by Crippen LogP contribution is 2.41. The first-order valence-corrected chi connectivity index (χ1v) is 9.62. The fourth-order valence-electron chi connectivity index (χ4n) is 3.97. The van der Waals surface area contributed by atoms with E-state index in [9.17, 15) is 0 Å². The van der Waals surface area contributed by atoms with Crippen molar-refractivity contribution in [2.45, 2.75) is 58.1 Å². The van der Waals surface area contributed by atoms with Crippen LogP contribution in [0.3, 0.4) is 0 Å². The molecule has 25 heavy (non-hydrogen) atoms. The molecule has 3 nitrogen and oxygen atoms in total. The molecular formula is C22H32NO2+. The van der Waals surface area contributed by atoms with E-state index in [-0.39, 0.29) is 5.41 Å². The number of furan rings is 1. The molecule has 3 rings (SSSR count). The van der Waals surface area contributed by atoms with Crippen LogP contribution >= 0.6 is 0 Å². The van der Waals surface area contributed by atoms with E-state index in [0.29, 0.717) is 12.0 Å². The van der Waals surface area contributed by atoms with Crippen LogP contribution < -0.4 is 5.32 Å². The van der Waals surface area contributed by atoms with Crippen LogP contribution in [-0.2, 0) is 16.7 Å². The Hall–Kier alpha value is -1.58. The molecular weight excluding hydrogens is 310 g/mol. The Kier molecular flexibility index (Phi) is 5.98. The zero-order valence-corrected chi connectivity index (χ0v) is 15.8. The molecule has 0 saturated carbocycles. The molecule has 0 spiro atoms. The first-order valence-electron chi connectivity index (χ1n) is 9.62. The normalized spacial score (nSPS) is 23.9. The van der Waals surface area contributed by atoms with Gasteiger partial charge in [-0.15, -0.1) is 0 Å². The molecule has 0 bridgehead atoms. The number of nitrogens with two attached hydrogens (primary N) is 1. The van der Waals surface area contributed by atoms with Gasteiger partial charge in [0.05, 0.1) is 18.9 Å². The highest BCUT2D eigenvalue weighted by Gasteiger charge is 2.39. The second-order valence-electron chi connectivity index (χ2n) is 7.86. The highest BCUT2D eigenvalue weighted by atomic mass is 16.5. The van der Waals surface area contributed by atoms with Crippen LogP contribution in [0.25, 0.3) is 0 Å². The molecule has 1 aromatic carbocycles. The van der Waals surface area contributed by atoms with E-state index in [2.05, 4.69) is 56.4 Å². The van der Waals surface area contributed by atoms with Crippen molar-refractivity contribution in [2.24, 2.45) is 5.92 Å². The summed E-state index contributed by atoms with van der Waals surface area (Å²) in [5, 5.41) is 2.37. The minimum Gasteiger partial charge on any atom is -0.463 e. The van der Waals surface area contributed by atoms with Gasteiger partial charge in [0.2, 0.25) is 0 Å². The number of quaternary nitrogens is 1. The van der Waals surface area contributed by atoms with Gasteiger partial charge in [0.25, 0.3) is 0 Å². The van der Waals surface area contributed by atoms with Gasteiger partial charge in [-0.1, -0.05) is 43.7 Å². The summed E-state index contributed by atoms with van der Waals surface area (Å²) in [6.07, 6.45) is 5.54. The molecule has 0 radical (unpaired) electrons. The minimum absolute atomic E-state index is 0.237. The van der Waals surface area contributed by atoms with Gasteiger partial charge in [-0.3, -0.25) is 0 Å². The highest BCUT2D eigenvalue weighted by molar-refractivity contribution is 5.29. The SMILES string of the molecule is Cc1ccc([C@]2(CC[NH2+]Cc3ccco3)CCO[C@H](C(C)C)C2)cc1. The lowest BCUT2D eigenvalue weighted by Gasteiger charge is -2.42. The van der Waals surface area contributed by atoms with Crippen molar-refractivity contribution >= 4 is 0 Å². The Balaban J connectivity index is 1.70. The summed E-state index contributed by atoms with van der Waals surface area (Å²) in [5.74, 6) is 1.62. The molecule has 2 N–H and O–H groups in total. The van der Waals surface area contributed by atoms with Crippen molar-refractivity contribution < 1.29 is 14.5 Å². The van der Waals surface area contributed by atoms with Crippen LogP contribution in [-0.4, -0.2) is 19.3 Å². The van der Waals surface area contributed by atoms with E-state index in [0.717, 1.165) is 38.3 Å². The van der Waals surface area contributed by atoms with Gasteiger partial charge >= 0.3 is 0 Å². The van der Waals surface area contributed by atoms with Crippen molar-refractivity contribution in [1.29, 1.82) is 0 Å². The van der Waals surface area contributed by atoms with Crippen LogP contribution in [0.2, 0.25) is 0 Å². The quantitative estimate of drug-likeness (QED) is 0.777. The van der Waals surface area contributed by atoms with Crippen molar-refractivity contribution in [3.63, 3.8) is 0 Å². The lowest BCUT2D eigenvalue weighted by molar-refractivity contribution is -0.673. The lowest BCUT2D eigenvalue weighted by Crippen LogP contribution is -2.83. The summed E-state index contributed by atoms with van der Waals surface area (Å²) in [6.45, 7) is 9.61. The molecule has 2 heterocycles. The largest absolute Gasteiger partial charge is 0.463 e. The van der Waals surface area contributed by atoms with Gasteiger partial charge < -0.3 is 14.5 Å². The smallest absolute Gasteiger partial charge is 0.157 e. The third-order valence-corrected chi connectivity index (χ3v) is 5.66. The zero-order chi connectivity index (χ0) is 17.7. The predicted octanol–water partition coefficient (Wildman–Crippen LogP) is 3.81. The van der Waals surface area contributed by atoms with Crippen LogP contribution in [0, 0.1) is 12.8 Å². The third kappa shape index (κ3) is 4.53. The van der Waals surface area contributed by atoms with E-state index >= 15 is 0 Å². The van der Waals surface area contributed by atoms with E-state index in [1.165, 1.54) is 17.5 Å². The molecule has 1 aliphatic rings. The van der Waals surface area contributed by atoms with Gasteiger partial charge in [0.1, 0.15) is 6.54 Å². The Morgan fingerprint density at radius 1 is 1.20 bits per heavy atom. The number of rotatable bonds is 7. The maximum absolute atomic E-state index is 6.08. The zero-order valence-electron chi connectivity index (χ0n) is 15.8. The molecule has 1 saturated heterocycles. The summed E-state index contributed by atoms with van der Waals surface area (Å²) in [4.78, 5) is 0. The Labute approximate surface area is 151 Å². The minimum atomic E-state index is 0.237. The fourth-order valence-corrected chi connectivity index (χ4v) is 3.97. The van der Waals surface area contributed by atoms with E-state index in [1.807, 2.05) is 6.07 Å². The molecule has 1 aliphatic heterocycles. The van der Waals surface area contributed by atoms with E-state index < -0.39 is 0 Å². The molecule has 3 heteroatoms. The van der Waals surface area contributed by atoms with Crippen molar-refractivity contribution in [3.05, 3.63) is 59.5 Å². The average Bonchev–Trinajstić information content (AvgIpc) is 3.13. The van der Waals surface area contributed by atoms with Crippen molar-refractivity contribution in [1.82, 2.24) is 0 Å². The molecule has 136 valence electrons. The fraction of sp³-hybridized carbons (Fsp3) is 0.545. The second kappa shape index (κ2) is 8.20. The van der Waals surface area contributed by atoms with Crippen molar-refractivity contribution in [2.75, 3.05) is 13.2 Å². The predicted molar refractivity (Wildman–Crippen MR) is 100 cm³/mol. The topological polar surface area (TPSA) is 39.0 Å². The van der Waals surface area contributed by atoms with Crippen LogP contribution in [0.1, 0.15) is 50.0 Å². The Morgan fingerprint density at radius 2 is 2.00 bits per heavy atom. The maximum Gasteiger partial charge on any atom is 0.157 e. The van der Waals surface area contributed by atoms with Gasteiger partial charge in [0.15, 0.2) is 5.76 Å². The number of hydrogen-bond acceptors (Lipinski definition) is 2. The summed E-state index contributed by atoms with van der Waals surface area (Å²) in [7, 11) is 0. The third-order valence-electron chi connectivity index (χ3n) is 5.66. The summed E-state index contributed by atoms with van der Waals surface area (Å²) in [6, 6.07) is 13.2. The van der Waals surface area contributed by atoms with Gasteiger partial charge in [-0.25, -0.2) is 0 Å². The van der Waals surface area contributed by atoms with E-state index in [4.69, 9.17) is 9.15 Å². The van der Waals surface area contributed by atoms with Gasteiger partial charge in [-0.2, -0.15) is 0 Å². The first kappa shape index (κ1) is 18.2. The van der Waals surface area contributed by atoms with Crippen LogP contribution in [0.15, 0.2) is 47.1 Å². The maximum atomic E-state index is 6.08. The molecule has 2 atom stereocenters. The first-order chi connectivity index (χ1) is 12.1.